The van der Waals surface area contributed by atoms with Crippen LogP contribution < -0.4 is 9.46 Å². The van der Waals surface area contributed by atoms with Gasteiger partial charge in [0, 0.05) is 10.7 Å². The van der Waals surface area contributed by atoms with Crippen molar-refractivity contribution >= 4 is 31.8 Å². The molecule has 0 saturated heterocycles. The summed E-state index contributed by atoms with van der Waals surface area (Å²) in [6.07, 6.45) is 1.49. The van der Waals surface area contributed by atoms with E-state index in [0.717, 1.165) is 4.47 Å². The van der Waals surface area contributed by atoms with Gasteiger partial charge in [-0.3, -0.25) is 4.72 Å². The quantitative estimate of drug-likeness (QED) is 0.927. The Morgan fingerprint density at radius 2 is 1.89 bits per heavy atom. The van der Waals surface area contributed by atoms with Crippen LogP contribution in [0.2, 0.25) is 0 Å². The number of halogens is 1. The Morgan fingerprint density at radius 3 is 2.53 bits per heavy atom. The molecule has 0 radical (unpaired) electrons. The van der Waals surface area contributed by atoms with Gasteiger partial charge < -0.3 is 4.74 Å². The summed E-state index contributed by atoms with van der Waals surface area (Å²) >= 11 is 3.25. The minimum atomic E-state index is -3.68. The van der Waals surface area contributed by atoms with Gasteiger partial charge in [-0.15, -0.1) is 0 Å². The maximum Gasteiger partial charge on any atom is 0.263 e. The molecule has 0 bridgehead atoms. The SMILES string of the molecule is COc1cccnc1NS(=O)(=O)c1ccc(Br)cc1. The summed E-state index contributed by atoms with van der Waals surface area (Å²) in [6, 6.07) is 9.61. The third kappa shape index (κ3) is 3.24. The van der Waals surface area contributed by atoms with Gasteiger partial charge in [-0.25, -0.2) is 13.4 Å². The number of nitrogens with zero attached hydrogens (tertiary/aromatic N) is 1. The lowest BCUT2D eigenvalue weighted by Gasteiger charge is -2.10. The number of sulfonamides is 1. The zero-order valence-corrected chi connectivity index (χ0v) is 12.4. The van der Waals surface area contributed by atoms with Crippen LogP contribution >= 0.6 is 15.9 Å². The maximum absolute atomic E-state index is 12.2. The van der Waals surface area contributed by atoms with Crippen LogP contribution in [0, 0.1) is 0 Å². The van der Waals surface area contributed by atoms with Crippen molar-refractivity contribution < 1.29 is 13.2 Å². The molecule has 2 aromatic rings. The average molecular weight is 343 g/mol. The van der Waals surface area contributed by atoms with Crippen LogP contribution in [0.5, 0.6) is 5.75 Å². The number of anilines is 1. The van der Waals surface area contributed by atoms with Crippen molar-refractivity contribution in [3.63, 3.8) is 0 Å². The maximum atomic E-state index is 12.2. The van der Waals surface area contributed by atoms with Crippen LogP contribution in [-0.4, -0.2) is 20.5 Å². The van der Waals surface area contributed by atoms with Gasteiger partial charge in [0.15, 0.2) is 11.6 Å². The van der Waals surface area contributed by atoms with Gasteiger partial charge in [-0.2, -0.15) is 0 Å². The van der Waals surface area contributed by atoms with E-state index >= 15 is 0 Å². The van der Waals surface area contributed by atoms with Crippen molar-refractivity contribution in [1.82, 2.24) is 4.98 Å². The fourth-order valence-corrected chi connectivity index (χ4v) is 2.72. The van der Waals surface area contributed by atoms with Crippen LogP contribution in [0.25, 0.3) is 0 Å². The first-order chi connectivity index (χ1) is 9.03. The number of pyridine rings is 1. The fourth-order valence-electron chi connectivity index (χ4n) is 1.43. The second-order valence-electron chi connectivity index (χ2n) is 3.61. The third-order valence-corrected chi connectivity index (χ3v) is 4.23. The van der Waals surface area contributed by atoms with E-state index in [2.05, 4.69) is 25.6 Å². The van der Waals surface area contributed by atoms with E-state index in [-0.39, 0.29) is 10.7 Å². The molecule has 0 atom stereocenters. The Labute approximate surface area is 119 Å². The molecule has 1 heterocycles. The molecule has 1 N–H and O–H groups in total. The highest BCUT2D eigenvalue weighted by Gasteiger charge is 2.16. The largest absolute Gasteiger partial charge is 0.493 e. The number of methoxy groups -OCH3 is 1. The van der Waals surface area contributed by atoms with Crippen LogP contribution in [-0.2, 0) is 10.0 Å². The zero-order valence-electron chi connectivity index (χ0n) is 10.00. The summed E-state index contributed by atoms with van der Waals surface area (Å²) in [5, 5.41) is 0. The van der Waals surface area contributed by atoms with Gasteiger partial charge in [0.1, 0.15) is 0 Å². The molecule has 1 aromatic carbocycles. The Balaban J connectivity index is 2.34. The highest BCUT2D eigenvalue weighted by atomic mass is 79.9. The third-order valence-electron chi connectivity index (χ3n) is 2.35. The van der Waals surface area contributed by atoms with Crippen molar-refractivity contribution in [2.75, 3.05) is 11.8 Å². The molecule has 0 aliphatic heterocycles. The van der Waals surface area contributed by atoms with Crippen molar-refractivity contribution in [2.45, 2.75) is 4.90 Å². The smallest absolute Gasteiger partial charge is 0.263 e. The molecule has 19 heavy (non-hydrogen) atoms. The number of aromatic nitrogens is 1. The summed E-state index contributed by atoms with van der Waals surface area (Å²) in [5.74, 6) is 0.524. The van der Waals surface area contributed by atoms with Gasteiger partial charge in [0.2, 0.25) is 0 Å². The summed E-state index contributed by atoms with van der Waals surface area (Å²) < 4.78 is 32.6. The molecule has 2 rings (SSSR count). The van der Waals surface area contributed by atoms with Crippen molar-refractivity contribution in [3.8, 4) is 5.75 Å². The molecule has 5 nitrogen and oxygen atoms in total. The summed E-state index contributed by atoms with van der Waals surface area (Å²) in [5.41, 5.74) is 0. The van der Waals surface area contributed by atoms with Gasteiger partial charge in [-0.05, 0) is 36.4 Å². The van der Waals surface area contributed by atoms with Crippen LogP contribution in [0.1, 0.15) is 0 Å². The number of rotatable bonds is 4. The minimum absolute atomic E-state index is 0.156. The molecular weight excluding hydrogens is 332 g/mol. The molecule has 0 spiro atoms. The molecule has 0 aliphatic rings. The summed E-state index contributed by atoms with van der Waals surface area (Å²) in [6.45, 7) is 0. The number of benzene rings is 1. The first-order valence-electron chi connectivity index (χ1n) is 5.30. The molecule has 0 fully saturated rings. The van der Waals surface area contributed by atoms with E-state index in [0.29, 0.717) is 5.75 Å². The Hall–Kier alpha value is -1.60. The molecule has 7 heteroatoms. The molecule has 0 aliphatic carbocycles. The topological polar surface area (TPSA) is 68.3 Å². The van der Waals surface area contributed by atoms with E-state index in [1.807, 2.05) is 0 Å². The molecule has 0 unspecified atom stereocenters. The lowest BCUT2D eigenvalue weighted by Crippen LogP contribution is -2.14. The second kappa shape index (κ2) is 5.58. The first kappa shape index (κ1) is 13.8. The van der Waals surface area contributed by atoms with E-state index in [1.54, 1.807) is 24.3 Å². The van der Waals surface area contributed by atoms with E-state index in [1.165, 1.54) is 25.4 Å². The predicted molar refractivity (Wildman–Crippen MR) is 75.7 cm³/mol. The highest BCUT2D eigenvalue weighted by molar-refractivity contribution is 9.10. The van der Waals surface area contributed by atoms with Gasteiger partial charge in [0.05, 0.1) is 12.0 Å². The standard InChI is InChI=1S/C12H11BrN2O3S/c1-18-11-3-2-8-14-12(11)15-19(16,17)10-6-4-9(13)5-7-10/h2-8H,1H3,(H,14,15). The van der Waals surface area contributed by atoms with Crippen molar-refractivity contribution in [3.05, 3.63) is 47.1 Å². The van der Waals surface area contributed by atoms with Crippen LogP contribution in [0.15, 0.2) is 52.0 Å². The van der Waals surface area contributed by atoms with Crippen LogP contribution in [0.3, 0.4) is 0 Å². The Bertz CT molecular complexity index is 672. The molecule has 100 valence electrons. The lowest BCUT2D eigenvalue weighted by molar-refractivity contribution is 0.415. The molecule has 0 amide bonds. The fraction of sp³-hybridized carbons (Fsp3) is 0.0833. The zero-order chi connectivity index (χ0) is 13.9. The van der Waals surface area contributed by atoms with Gasteiger partial charge >= 0.3 is 0 Å². The van der Waals surface area contributed by atoms with Crippen molar-refractivity contribution in [1.29, 1.82) is 0 Å². The van der Waals surface area contributed by atoms with Gasteiger partial charge in [0.25, 0.3) is 10.0 Å². The normalized spacial score (nSPS) is 11.1. The first-order valence-corrected chi connectivity index (χ1v) is 7.58. The number of nitrogens with one attached hydrogen (secondary N) is 1. The average Bonchev–Trinajstić information content (AvgIpc) is 2.39. The monoisotopic (exact) mass is 342 g/mol. The van der Waals surface area contributed by atoms with Gasteiger partial charge in [-0.1, -0.05) is 15.9 Å². The number of hydrogen-bond acceptors (Lipinski definition) is 4. The van der Waals surface area contributed by atoms with E-state index in [9.17, 15) is 8.42 Å². The molecular formula is C12H11BrN2O3S. The van der Waals surface area contributed by atoms with E-state index < -0.39 is 10.0 Å². The minimum Gasteiger partial charge on any atom is -0.493 e. The summed E-state index contributed by atoms with van der Waals surface area (Å²) in [7, 11) is -2.22. The van der Waals surface area contributed by atoms with E-state index in [4.69, 9.17) is 4.74 Å². The number of hydrogen-bond donors (Lipinski definition) is 1. The molecule has 0 saturated carbocycles. The summed E-state index contributed by atoms with van der Waals surface area (Å²) in [4.78, 5) is 4.11. The Kier molecular flexibility index (Phi) is 4.06. The Morgan fingerprint density at radius 1 is 1.21 bits per heavy atom. The van der Waals surface area contributed by atoms with Crippen molar-refractivity contribution in [2.24, 2.45) is 0 Å². The lowest BCUT2D eigenvalue weighted by atomic mass is 10.4. The van der Waals surface area contributed by atoms with Crippen LogP contribution in [0.4, 0.5) is 5.82 Å². The second-order valence-corrected chi connectivity index (χ2v) is 6.21. The predicted octanol–water partition coefficient (Wildman–Crippen LogP) is 2.65. The highest BCUT2D eigenvalue weighted by Crippen LogP contribution is 2.24. The molecule has 1 aromatic heterocycles. The number of ether oxygens (including phenoxy) is 1.